The third-order valence-corrected chi connectivity index (χ3v) is 2.78. The van der Waals surface area contributed by atoms with E-state index in [1.165, 1.54) is 0 Å². The van der Waals surface area contributed by atoms with Crippen molar-refractivity contribution in [2.45, 2.75) is 32.4 Å². The number of nitrogens with two attached hydrogens (primary N) is 1. The number of hydrogen-bond acceptors (Lipinski definition) is 4. The maximum Gasteiger partial charge on any atom is 0.239 e. The molecule has 1 unspecified atom stereocenters. The molecule has 0 aromatic heterocycles. The summed E-state index contributed by atoms with van der Waals surface area (Å²) in [5.74, 6) is 0.379. The lowest BCUT2D eigenvalue weighted by Crippen LogP contribution is -2.58. The largest absolute Gasteiger partial charge is 0.491 e. The highest BCUT2D eigenvalue weighted by Crippen LogP contribution is 2.08. The van der Waals surface area contributed by atoms with Crippen LogP contribution in [0.1, 0.15) is 20.8 Å². The lowest BCUT2D eigenvalue weighted by Gasteiger charge is -2.29. The number of rotatable bonds is 9. The Morgan fingerprint density at radius 1 is 1.30 bits per heavy atom. The number of carbonyl (C=O) groups excluding carboxylic acids is 1. The van der Waals surface area contributed by atoms with E-state index >= 15 is 0 Å². The van der Waals surface area contributed by atoms with Gasteiger partial charge in [0.15, 0.2) is 0 Å². The van der Waals surface area contributed by atoms with Crippen molar-refractivity contribution in [1.29, 1.82) is 0 Å². The highest BCUT2D eigenvalue weighted by atomic mass is 16.5. The molecule has 0 aliphatic rings. The molecule has 5 heteroatoms. The molecule has 0 bridgehead atoms. The van der Waals surface area contributed by atoms with Gasteiger partial charge >= 0.3 is 0 Å². The third kappa shape index (κ3) is 5.59. The van der Waals surface area contributed by atoms with Crippen molar-refractivity contribution < 1.29 is 14.3 Å². The zero-order chi connectivity index (χ0) is 15.0. The smallest absolute Gasteiger partial charge is 0.239 e. The Morgan fingerprint density at radius 3 is 2.50 bits per heavy atom. The van der Waals surface area contributed by atoms with Gasteiger partial charge in [-0.1, -0.05) is 18.2 Å². The third-order valence-electron chi connectivity index (χ3n) is 2.78. The number of primary amides is 1. The summed E-state index contributed by atoms with van der Waals surface area (Å²) in [6.07, 6.45) is 0. The van der Waals surface area contributed by atoms with E-state index in [9.17, 15) is 4.79 Å². The minimum atomic E-state index is -0.860. The van der Waals surface area contributed by atoms with Gasteiger partial charge in [-0.3, -0.25) is 10.1 Å². The molecule has 0 radical (unpaired) electrons. The second-order valence-corrected chi connectivity index (χ2v) is 5.21. The van der Waals surface area contributed by atoms with E-state index in [0.717, 1.165) is 5.75 Å². The molecule has 1 atom stereocenters. The van der Waals surface area contributed by atoms with Crippen molar-refractivity contribution in [2.24, 2.45) is 5.73 Å². The highest BCUT2D eigenvalue weighted by molar-refractivity contribution is 5.84. The van der Waals surface area contributed by atoms with Gasteiger partial charge in [-0.2, -0.15) is 0 Å². The predicted molar refractivity (Wildman–Crippen MR) is 78.6 cm³/mol. The minimum absolute atomic E-state index is 0.150. The van der Waals surface area contributed by atoms with Gasteiger partial charge in [0.1, 0.15) is 17.9 Å². The van der Waals surface area contributed by atoms with E-state index in [0.29, 0.717) is 13.2 Å². The zero-order valence-electron chi connectivity index (χ0n) is 12.4. The summed E-state index contributed by atoms with van der Waals surface area (Å²) in [5, 5.41) is 3.12. The average Bonchev–Trinajstić information content (AvgIpc) is 2.38. The summed E-state index contributed by atoms with van der Waals surface area (Å²) in [7, 11) is 0. The summed E-state index contributed by atoms with van der Waals surface area (Å²) in [4.78, 5) is 11.5. The SMILES string of the molecule is CC(C)NC(C)(COCCOc1ccccc1)C(N)=O. The van der Waals surface area contributed by atoms with E-state index in [2.05, 4.69) is 5.32 Å². The van der Waals surface area contributed by atoms with Crippen molar-refractivity contribution in [3.8, 4) is 5.75 Å². The number of ether oxygens (including phenoxy) is 2. The van der Waals surface area contributed by atoms with E-state index in [-0.39, 0.29) is 12.6 Å². The van der Waals surface area contributed by atoms with Crippen LogP contribution in [0.2, 0.25) is 0 Å². The van der Waals surface area contributed by atoms with Crippen LogP contribution in [0, 0.1) is 0 Å². The molecule has 0 aliphatic carbocycles. The summed E-state index contributed by atoms with van der Waals surface area (Å²) in [6, 6.07) is 9.66. The Hall–Kier alpha value is -1.59. The minimum Gasteiger partial charge on any atom is -0.491 e. The molecule has 112 valence electrons. The van der Waals surface area contributed by atoms with Gasteiger partial charge in [0.25, 0.3) is 0 Å². The number of benzene rings is 1. The van der Waals surface area contributed by atoms with Crippen LogP contribution >= 0.6 is 0 Å². The second kappa shape index (κ2) is 7.87. The van der Waals surface area contributed by atoms with Crippen LogP contribution in [0.15, 0.2) is 30.3 Å². The monoisotopic (exact) mass is 280 g/mol. The first kappa shape index (κ1) is 16.5. The maximum absolute atomic E-state index is 11.5. The fourth-order valence-electron chi connectivity index (χ4n) is 1.83. The van der Waals surface area contributed by atoms with Crippen LogP contribution in [0.25, 0.3) is 0 Å². The Labute approximate surface area is 120 Å². The van der Waals surface area contributed by atoms with Crippen molar-refractivity contribution >= 4 is 5.91 Å². The molecule has 5 nitrogen and oxygen atoms in total. The molecule has 20 heavy (non-hydrogen) atoms. The molecular weight excluding hydrogens is 256 g/mol. The van der Waals surface area contributed by atoms with Crippen LogP contribution in [0.3, 0.4) is 0 Å². The lowest BCUT2D eigenvalue weighted by molar-refractivity contribution is -0.126. The fraction of sp³-hybridized carbons (Fsp3) is 0.533. The van der Waals surface area contributed by atoms with Crippen LogP contribution < -0.4 is 15.8 Å². The van der Waals surface area contributed by atoms with E-state index in [1.807, 2.05) is 44.2 Å². The van der Waals surface area contributed by atoms with Crippen LogP contribution in [-0.2, 0) is 9.53 Å². The quantitative estimate of drug-likeness (QED) is 0.669. The van der Waals surface area contributed by atoms with Crippen LogP contribution in [0.4, 0.5) is 0 Å². The van der Waals surface area contributed by atoms with Gasteiger partial charge in [0.05, 0.1) is 13.2 Å². The van der Waals surface area contributed by atoms with Crippen molar-refractivity contribution in [1.82, 2.24) is 5.32 Å². The normalized spacial score (nSPS) is 14.0. The highest BCUT2D eigenvalue weighted by Gasteiger charge is 2.31. The fourth-order valence-corrected chi connectivity index (χ4v) is 1.83. The molecular formula is C15H24N2O3. The van der Waals surface area contributed by atoms with E-state index in [4.69, 9.17) is 15.2 Å². The number of amides is 1. The summed E-state index contributed by atoms with van der Waals surface area (Å²) < 4.78 is 11.0. The van der Waals surface area contributed by atoms with Gasteiger partial charge in [0.2, 0.25) is 5.91 Å². The molecule has 0 fully saturated rings. The molecule has 0 spiro atoms. The molecule has 0 saturated heterocycles. The summed E-state index contributed by atoms with van der Waals surface area (Å²) in [5.41, 5.74) is 4.55. The Kier molecular flexibility index (Phi) is 6.48. The first-order valence-corrected chi connectivity index (χ1v) is 6.77. The number of para-hydroxylation sites is 1. The number of nitrogens with one attached hydrogen (secondary N) is 1. The Morgan fingerprint density at radius 2 is 1.95 bits per heavy atom. The van der Waals surface area contributed by atoms with Gasteiger partial charge in [0, 0.05) is 6.04 Å². The van der Waals surface area contributed by atoms with Gasteiger partial charge < -0.3 is 15.2 Å². The van der Waals surface area contributed by atoms with Gasteiger partial charge in [-0.05, 0) is 32.9 Å². The number of carbonyl (C=O) groups is 1. The standard InChI is InChI=1S/C15H24N2O3/c1-12(2)17-15(3,14(16)18)11-19-9-10-20-13-7-5-4-6-8-13/h4-8,12,17H,9-11H2,1-3H3,(H2,16,18). The van der Waals surface area contributed by atoms with Crippen molar-refractivity contribution in [2.75, 3.05) is 19.8 Å². The Balaban J connectivity index is 2.29. The lowest BCUT2D eigenvalue weighted by atomic mass is 10.0. The topological polar surface area (TPSA) is 73.6 Å². The predicted octanol–water partition coefficient (Wildman–Crippen LogP) is 1.32. The molecule has 1 aromatic carbocycles. The number of hydrogen-bond donors (Lipinski definition) is 2. The van der Waals surface area contributed by atoms with Crippen LogP contribution in [-0.4, -0.2) is 37.3 Å². The maximum atomic E-state index is 11.5. The molecule has 0 aliphatic heterocycles. The summed E-state index contributed by atoms with van der Waals surface area (Å²) >= 11 is 0. The summed E-state index contributed by atoms with van der Waals surface area (Å²) in [6.45, 7) is 6.71. The van der Waals surface area contributed by atoms with Crippen molar-refractivity contribution in [3.63, 3.8) is 0 Å². The first-order chi connectivity index (χ1) is 9.44. The molecule has 0 saturated carbocycles. The van der Waals surface area contributed by atoms with Gasteiger partial charge in [-0.25, -0.2) is 0 Å². The van der Waals surface area contributed by atoms with Crippen molar-refractivity contribution in [3.05, 3.63) is 30.3 Å². The first-order valence-electron chi connectivity index (χ1n) is 6.77. The zero-order valence-corrected chi connectivity index (χ0v) is 12.4. The molecule has 0 heterocycles. The van der Waals surface area contributed by atoms with Gasteiger partial charge in [-0.15, -0.1) is 0 Å². The molecule has 1 amide bonds. The average molecular weight is 280 g/mol. The molecule has 1 aromatic rings. The van der Waals surface area contributed by atoms with E-state index in [1.54, 1.807) is 6.92 Å². The van der Waals surface area contributed by atoms with E-state index < -0.39 is 11.4 Å². The second-order valence-electron chi connectivity index (χ2n) is 5.21. The Bertz CT molecular complexity index is 409. The van der Waals surface area contributed by atoms with Crippen LogP contribution in [0.5, 0.6) is 5.75 Å². The molecule has 3 N–H and O–H groups in total. The molecule has 1 rings (SSSR count).